The fourth-order valence-electron chi connectivity index (χ4n) is 3.99. The van der Waals surface area contributed by atoms with Crippen LogP contribution in [-0.2, 0) is 18.0 Å². The van der Waals surface area contributed by atoms with Crippen LogP contribution in [0.2, 0.25) is 0 Å². The summed E-state index contributed by atoms with van der Waals surface area (Å²) in [5, 5.41) is 2.98. The largest absolute Gasteiger partial charge is 0.492 e. The van der Waals surface area contributed by atoms with E-state index in [2.05, 4.69) is 5.32 Å². The molecule has 0 fully saturated rings. The number of nitrogens with zero attached hydrogens (tertiary/aromatic N) is 1. The maximum Gasteiger partial charge on any atom is 0.322 e. The third kappa shape index (κ3) is 5.66. The normalized spacial score (nSPS) is 15.1. The van der Waals surface area contributed by atoms with Crippen molar-refractivity contribution in [1.29, 1.82) is 0 Å². The van der Waals surface area contributed by atoms with E-state index in [-0.39, 0.29) is 17.9 Å². The van der Waals surface area contributed by atoms with E-state index >= 15 is 0 Å². The SMILES string of the molecule is CCOc1ccccc1NC(=O)N1CCOc2ccc(COCc3cccc(F)c3)cc2C1C. The van der Waals surface area contributed by atoms with Gasteiger partial charge in [-0.15, -0.1) is 0 Å². The number of anilines is 1. The first-order valence-electron chi connectivity index (χ1n) is 11.4. The lowest BCUT2D eigenvalue weighted by Gasteiger charge is -2.28. The lowest BCUT2D eigenvalue weighted by Crippen LogP contribution is -2.38. The van der Waals surface area contributed by atoms with Gasteiger partial charge < -0.3 is 24.4 Å². The summed E-state index contributed by atoms with van der Waals surface area (Å²) in [6, 6.07) is 19.2. The third-order valence-corrected chi connectivity index (χ3v) is 5.70. The van der Waals surface area contributed by atoms with Crippen molar-refractivity contribution < 1.29 is 23.4 Å². The van der Waals surface area contributed by atoms with Gasteiger partial charge in [0.05, 0.1) is 38.1 Å². The Morgan fingerprint density at radius 3 is 2.68 bits per heavy atom. The molecule has 1 heterocycles. The van der Waals surface area contributed by atoms with Crippen LogP contribution in [0.5, 0.6) is 11.5 Å². The maximum absolute atomic E-state index is 13.4. The van der Waals surface area contributed by atoms with E-state index in [0.717, 1.165) is 22.4 Å². The van der Waals surface area contributed by atoms with E-state index < -0.39 is 0 Å². The minimum absolute atomic E-state index is 0.208. The van der Waals surface area contributed by atoms with Crippen molar-refractivity contribution in [3.05, 3.63) is 89.2 Å². The van der Waals surface area contributed by atoms with Gasteiger partial charge in [-0.1, -0.05) is 30.3 Å². The van der Waals surface area contributed by atoms with E-state index in [1.54, 1.807) is 11.0 Å². The van der Waals surface area contributed by atoms with Crippen LogP contribution in [0.3, 0.4) is 0 Å². The van der Waals surface area contributed by atoms with Gasteiger partial charge in [0.1, 0.15) is 23.9 Å². The summed E-state index contributed by atoms with van der Waals surface area (Å²) in [5.74, 6) is 1.11. The first-order chi connectivity index (χ1) is 16.5. The van der Waals surface area contributed by atoms with Gasteiger partial charge in [0.25, 0.3) is 0 Å². The van der Waals surface area contributed by atoms with Gasteiger partial charge >= 0.3 is 6.03 Å². The number of urea groups is 1. The summed E-state index contributed by atoms with van der Waals surface area (Å²) in [6.45, 7) is 5.93. The highest BCUT2D eigenvalue weighted by Crippen LogP contribution is 2.34. The number of nitrogens with one attached hydrogen (secondary N) is 1. The lowest BCUT2D eigenvalue weighted by molar-refractivity contribution is 0.107. The van der Waals surface area contributed by atoms with Crippen molar-refractivity contribution in [2.24, 2.45) is 0 Å². The van der Waals surface area contributed by atoms with Crippen LogP contribution >= 0.6 is 0 Å². The van der Waals surface area contributed by atoms with Crippen LogP contribution in [0.4, 0.5) is 14.9 Å². The Morgan fingerprint density at radius 2 is 1.88 bits per heavy atom. The van der Waals surface area contributed by atoms with E-state index in [4.69, 9.17) is 14.2 Å². The van der Waals surface area contributed by atoms with Crippen molar-refractivity contribution in [1.82, 2.24) is 4.90 Å². The number of amides is 2. The number of ether oxygens (including phenoxy) is 3. The van der Waals surface area contributed by atoms with Crippen LogP contribution in [0, 0.1) is 5.82 Å². The van der Waals surface area contributed by atoms with Gasteiger partial charge in [0.2, 0.25) is 0 Å². The predicted octanol–water partition coefficient (Wildman–Crippen LogP) is 5.93. The molecule has 1 aliphatic heterocycles. The molecule has 0 bridgehead atoms. The zero-order valence-electron chi connectivity index (χ0n) is 19.4. The van der Waals surface area contributed by atoms with Gasteiger partial charge in [0.15, 0.2) is 0 Å². The second kappa shape index (κ2) is 11.0. The summed E-state index contributed by atoms with van der Waals surface area (Å²) in [4.78, 5) is 14.9. The third-order valence-electron chi connectivity index (χ3n) is 5.70. The maximum atomic E-state index is 13.4. The first kappa shape index (κ1) is 23.6. The molecule has 4 rings (SSSR count). The number of benzene rings is 3. The standard InChI is InChI=1S/C27H29FN2O4/c1-3-33-26-10-5-4-9-24(26)29-27(31)30-13-14-34-25-12-11-21(16-23(25)19(30)2)18-32-17-20-7-6-8-22(28)15-20/h4-12,15-16,19H,3,13-14,17-18H2,1-2H3,(H,29,31). The molecule has 1 N–H and O–H groups in total. The summed E-state index contributed by atoms with van der Waals surface area (Å²) < 4.78 is 30.7. The minimum atomic E-state index is -0.278. The second-order valence-electron chi connectivity index (χ2n) is 8.07. The molecule has 1 unspecified atom stereocenters. The monoisotopic (exact) mass is 464 g/mol. The van der Waals surface area contributed by atoms with Crippen molar-refractivity contribution in [3.63, 3.8) is 0 Å². The number of carbonyl (C=O) groups excluding carboxylic acids is 1. The Balaban J connectivity index is 1.45. The van der Waals surface area contributed by atoms with Gasteiger partial charge in [-0.05, 0) is 61.4 Å². The Hall–Kier alpha value is -3.58. The summed E-state index contributed by atoms with van der Waals surface area (Å²) in [7, 11) is 0. The van der Waals surface area contributed by atoms with Crippen molar-refractivity contribution >= 4 is 11.7 Å². The Labute approximate surface area is 199 Å². The van der Waals surface area contributed by atoms with Crippen LogP contribution in [0.15, 0.2) is 66.7 Å². The molecule has 6 nitrogen and oxygen atoms in total. The lowest BCUT2D eigenvalue weighted by atomic mass is 10.0. The highest BCUT2D eigenvalue weighted by Gasteiger charge is 2.27. The molecule has 0 aliphatic carbocycles. The van der Waals surface area contributed by atoms with Gasteiger partial charge in [0, 0.05) is 5.56 Å². The van der Waals surface area contributed by atoms with Crippen molar-refractivity contribution in [2.45, 2.75) is 33.1 Å². The Bertz CT molecular complexity index is 1140. The summed E-state index contributed by atoms with van der Waals surface area (Å²) in [6.07, 6.45) is 0. The fourth-order valence-corrected chi connectivity index (χ4v) is 3.99. The summed E-state index contributed by atoms with van der Waals surface area (Å²) >= 11 is 0. The van der Waals surface area contributed by atoms with E-state index in [1.807, 2.05) is 62.4 Å². The number of fused-ring (bicyclic) bond motifs is 1. The van der Waals surface area contributed by atoms with Crippen LogP contribution in [-0.4, -0.2) is 30.7 Å². The molecule has 178 valence electrons. The van der Waals surface area contributed by atoms with E-state index in [1.165, 1.54) is 12.1 Å². The van der Waals surface area contributed by atoms with Gasteiger partial charge in [-0.3, -0.25) is 0 Å². The van der Waals surface area contributed by atoms with Crippen LogP contribution in [0.1, 0.15) is 36.6 Å². The average Bonchev–Trinajstić information content (AvgIpc) is 2.99. The number of hydrogen-bond acceptors (Lipinski definition) is 4. The first-order valence-corrected chi connectivity index (χ1v) is 11.4. The molecule has 0 saturated heterocycles. The highest BCUT2D eigenvalue weighted by atomic mass is 19.1. The summed E-state index contributed by atoms with van der Waals surface area (Å²) in [5.41, 5.74) is 3.28. The van der Waals surface area contributed by atoms with E-state index in [9.17, 15) is 9.18 Å². The molecular weight excluding hydrogens is 435 g/mol. The zero-order valence-corrected chi connectivity index (χ0v) is 19.4. The molecule has 0 aromatic heterocycles. The number of para-hydroxylation sites is 2. The quantitative estimate of drug-likeness (QED) is 0.471. The molecule has 3 aromatic carbocycles. The molecule has 0 saturated carbocycles. The van der Waals surface area contributed by atoms with Gasteiger partial charge in [-0.2, -0.15) is 0 Å². The molecule has 1 aliphatic rings. The minimum Gasteiger partial charge on any atom is -0.492 e. The highest BCUT2D eigenvalue weighted by molar-refractivity contribution is 5.91. The van der Waals surface area contributed by atoms with Crippen molar-refractivity contribution in [2.75, 3.05) is 25.1 Å². The topological polar surface area (TPSA) is 60.0 Å². The Morgan fingerprint density at radius 1 is 1.09 bits per heavy atom. The molecule has 3 aromatic rings. The molecule has 7 heteroatoms. The van der Waals surface area contributed by atoms with Gasteiger partial charge in [-0.25, -0.2) is 9.18 Å². The zero-order chi connectivity index (χ0) is 23.9. The number of hydrogen-bond donors (Lipinski definition) is 1. The predicted molar refractivity (Wildman–Crippen MR) is 129 cm³/mol. The Kier molecular flexibility index (Phi) is 7.65. The average molecular weight is 465 g/mol. The number of rotatable bonds is 7. The fraction of sp³-hybridized carbons (Fsp3) is 0.296. The smallest absolute Gasteiger partial charge is 0.322 e. The second-order valence-corrected chi connectivity index (χ2v) is 8.07. The number of carbonyl (C=O) groups is 1. The van der Waals surface area contributed by atoms with Crippen molar-refractivity contribution in [3.8, 4) is 11.5 Å². The van der Waals surface area contributed by atoms with Crippen LogP contribution < -0.4 is 14.8 Å². The molecule has 34 heavy (non-hydrogen) atoms. The van der Waals surface area contributed by atoms with E-state index in [0.29, 0.717) is 44.4 Å². The molecular formula is C27H29FN2O4. The number of halogens is 1. The molecule has 0 radical (unpaired) electrons. The van der Waals surface area contributed by atoms with Crippen LogP contribution in [0.25, 0.3) is 0 Å². The molecule has 0 spiro atoms. The molecule has 1 atom stereocenters. The molecule has 2 amide bonds.